The lowest BCUT2D eigenvalue weighted by atomic mass is 10.0. The number of nitrogens with two attached hydrogens (primary N) is 1. The SMILES string of the molecule is COc1ccc(/C=C(\C#N)C(=O)N2CCC(N)CC2)c(O)c1. The average Bonchev–Trinajstić information content (AvgIpc) is 2.53. The highest BCUT2D eigenvalue weighted by Crippen LogP contribution is 2.26. The number of likely N-dealkylation sites (tertiary alicyclic amines) is 1. The number of benzene rings is 1. The summed E-state index contributed by atoms with van der Waals surface area (Å²) in [4.78, 5) is 14.0. The molecule has 0 spiro atoms. The number of rotatable bonds is 3. The van der Waals surface area contributed by atoms with Gasteiger partial charge in [0.1, 0.15) is 23.1 Å². The minimum absolute atomic E-state index is 0.00376. The number of carbonyl (C=O) groups excluding carboxylic acids is 1. The third kappa shape index (κ3) is 3.57. The molecule has 1 heterocycles. The molecule has 6 nitrogen and oxygen atoms in total. The molecule has 0 radical (unpaired) electrons. The Kier molecular flexibility index (Phi) is 5.02. The molecular formula is C16H19N3O3. The number of hydrogen-bond donors (Lipinski definition) is 2. The Morgan fingerprint density at radius 3 is 2.73 bits per heavy atom. The van der Waals surface area contributed by atoms with Gasteiger partial charge in [0.15, 0.2) is 0 Å². The van der Waals surface area contributed by atoms with Crippen molar-refractivity contribution >= 4 is 12.0 Å². The molecule has 1 fully saturated rings. The maximum Gasteiger partial charge on any atom is 0.264 e. The fraction of sp³-hybridized carbons (Fsp3) is 0.375. The minimum atomic E-state index is -0.329. The maximum absolute atomic E-state index is 12.4. The van der Waals surface area contributed by atoms with Crippen molar-refractivity contribution in [3.63, 3.8) is 0 Å². The number of phenolic OH excluding ortho intramolecular Hbond substituents is 1. The van der Waals surface area contributed by atoms with Crippen molar-refractivity contribution < 1.29 is 14.6 Å². The van der Waals surface area contributed by atoms with Crippen molar-refractivity contribution in [3.8, 4) is 17.6 Å². The highest BCUT2D eigenvalue weighted by Gasteiger charge is 2.23. The highest BCUT2D eigenvalue weighted by atomic mass is 16.5. The molecule has 1 aliphatic rings. The van der Waals surface area contributed by atoms with Crippen LogP contribution in [0.3, 0.4) is 0 Å². The second kappa shape index (κ2) is 6.96. The Bertz CT molecular complexity index is 626. The number of nitriles is 1. The third-order valence-corrected chi connectivity index (χ3v) is 3.72. The van der Waals surface area contributed by atoms with Crippen LogP contribution < -0.4 is 10.5 Å². The van der Waals surface area contributed by atoms with Crippen LogP contribution in [0.1, 0.15) is 18.4 Å². The van der Waals surface area contributed by atoms with Gasteiger partial charge in [0, 0.05) is 30.8 Å². The number of piperidine rings is 1. The first-order chi connectivity index (χ1) is 10.5. The Morgan fingerprint density at radius 2 is 2.18 bits per heavy atom. The molecule has 2 rings (SSSR count). The second-order valence-corrected chi connectivity index (χ2v) is 5.22. The fourth-order valence-electron chi connectivity index (χ4n) is 2.34. The molecule has 22 heavy (non-hydrogen) atoms. The lowest BCUT2D eigenvalue weighted by Crippen LogP contribution is -2.43. The van der Waals surface area contributed by atoms with Crippen molar-refractivity contribution in [1.82, 2.24) is 4.90 Å². The molecule has 1 aromatic rings. The summed E-state index contributed by atoms with van der Waals surface area (Å²) in [5, 5.41) is 19.2. The van der Waals surface area contributed by atoms with Crippen LogP contribution in [-0.4, -0.2) is 42.2 Å². The van der Waals surface area contributed by atoms with Crippen molar-refractivity contribution in [3.05, 3.63) is 29.3 Å². The molecule has 0 aromatic heterocycles. The fourth-order valence-corrected chi connectivity index (χ4v) is 2.34. The largest absolute Gasteiger partial charge is 0.507 e. The van der Waals surface area contributed by atoms with E-state index in [2.05, 4.69) is 0 Å². The van der Waals surface area contributed by atoms with Crippen molar-refractivity contribution in [1.29, 1.82) is 5.26 Å². The summed E-state index contributed by atoms with van der Waals surface area (Å²) in [6.07, 6.45) is 2.86. The molecule has 3 N–H and O–H groups in total. The van der Waals surface area contributed by atoms with Gasteiger partial charge in [-0.15, -0.1) is 0 Å². The van der Waals surface area contributed by atoms with Gasteiger partial charge in [0.05, 0.1) is 7.11 Å². The first-order valence-electron chi connectivity index (χ1n) is 7.08. The molecule has 0 aliphatic carbocycles. The van der Waals surface area contributed by atoms with Crippen LogP contribution in [0.2, 0.25) is 0 Å². The topological polar surface area (TPSA) is 99.6 Å². The van der Waals surface area contributed by atoms with E-state index >= 15 is 0 Å². The molecule has 0 saturated carbocycles. The molecular weight excluding hydrogens is 282 g/mol. The van der Waals surface area contributed by atoms with Crippen LogP contribution in [0.15, 0.2) is 23.8 Å². The summed E-state index contributed by atoms with van der Waals surface area (Å²) >= 11 is 0. The first-order valence-corrected chi connectivity index (χ1v) is 7.08. The van der Waals surface area contributed by atoms with Crippen LogP contribution in [0, 0.1) is 11.3 Å². The van der Waals surface area contributed by atoms with E-state index in [9.17, 15) is 15.2 Å². The second-order valence-electron chi connectivity index (χ2n) is 5.22. The zero-order chi connectivity index (χ0) is 16.1. The van der Waals surface area contributed by atoms with Gasteiger partial charge >= 0.3 is 0 Å². The van der Waals surface area contributed by atoms with Crippen LogP contribution in [0.25, 0.3) is 6.08 Å². The van der Waals surface area contributed by atoms with E-state index in [4.69, 9.17) is 10.5 Å². The van der Waals surface area contributed by atoms with Gasteiger partial charge in [-0.1, -0.05) is 0 Å². The minimum Gasteiger partial charge on any atom is -0.507 e. The number of nitrogens with zero attached hydrogens (tertiary/aromatic N) is 2. The molecule has 0 atom stereocenters. The molecule has 0 bridgehead atoms. The van der Waals surface area contributed by atoms with Crippen molar-refractivity contribution in [2.24, 2.45) is 5.73 Å². The molecule has 116 valence electrons. The number of ether oxygens (including phenoxy) is 1. The number of amides is 1. The summed E-state index contributed by atoms with van der Waals surface area (Å²) in [7, 11) is 1.50. The summed E-state index contributed by atoms with van der Waals surface area (Å²) in [5.74, 6) is 0.134. The molecule has 1 aromatic carbocycles. The standard InChI is InChI=1S/C16H19N3O3/c1-22-14-3-2-11(15(20)9-14)8-12(10-17)16(21)19-6-4-13(18)5-7-19/h2-3,8-9,13,20H,4-7,18H2,1H3/b12-8+. The summed E-state index contributed by atoms with van der Waals surface area (Å²) in [5.41, 5.74) is 6.21. The van der Waals surface area contributed by atoms with E-state index in [0.717, 1.165) is 12.8 Å². The number of carbonyl (C=O) groups is 1. The van der Waals surface area contributed by atoms with Gasteiger partial charge in [-0.25, -0.2) is 0 Å². The zero-order valence-corrected chi connectivity index (χ0v) is 12.5. The smallest absolute Gasteiger partial charge is 0.264 e. The average molecular weight is 301 g/mol. The molecule has 1 amide bonds. The van der Waals surface area contributed by atoms with E-state index < -0.39 is 0 Å². The van der Waals surface area contributed by atoms with Gasteiger partial charge in [0.2, 0.25) is 0 Å². The van der Waals surface area contributed by atoms with E-state index in [-0.39, 0.29) is 23.3 Å². The van der Waals surface area contributed by atoms with E-state index in [1.165, 1.54) is 19.3 Å². The summed E-state index contributed by atoms with van der Waals surface area (Å²) in [6, 6.07) is 6.72. The van der Waals surface area contributed by atoms with E-state index in [1.807, 2.05) is 6.07 Å². The van der Waals surface area contributed by atoms with Gasteiger partial charge in [-0.2, -0.15) is 5.26 Å². The van der Waals surface area contributed by atoms with Crippen molar-refractivity contribution in [2.45, 2.75) is 18.9 Å². The number of methoxy groups -OCH3 is 1. The zero-order valence-electron chi connectivity index (χ0n) is 12.5. The monoisotopic (exact) mass is 301 g/mol. The van der Waals surface area contributed by atoms with Crippen LogP contribution in [0.5, 0.6) is 11.5 Å². The van der Waals surface area contributed by atoms with Crippen LogP contribution in [0.4, 0.5) is 0 Å². The Labute approximate surface area is 129 Å². The Morgan fingerprint density at radius 1 is 1.50 bits per heavy atom. The molecule has 1 aliphatic heterocycles. The van der Waals surface area contributed by atoms with Gasteiger partial charge < -0.3 is 20.5 Å². The van der Waals surface area contributed by atoms with E-state index in [0.29, 0.717) is 24.4 Å². The summed E-state index contributed by atoms with van der Waals surface area (Å²) in [6.45, 7) is 1.10. The number of hydrogen-bond acceptors (Lipinski definition) is 5. The lowest BCUT2D eigenvalue weighted by Gasteiger charge is -2.29. The van der Waals surface area contributed by atoms with Crippen LogP contribution in [-0.2, 0) is 4.79 Å². The molecule has 6 heteroatoms. The highest BCUT2D eigenvalue weighted by molar-refractivity contribution is 6.02. The molecule has 1 saturated heterocycles. The third-order valence-electron chi connectivity index (χ3n) is 3.72. The van der Waals surface area contributed by atoms with Crippen molar-refractivity contribution in [2.75, 3.05) is 20.2 Å². The van der Waals surface area contributed by atoms with Gasteiger partial charge in [-0.05, 0) is 31.1 Å². The van der Waals surface area contributed by atoms with Gasteiger partial charge in [0.25, 0.3) is 5.91 Å². The predicted molar refractivity (Wildman–Crippen MR) is 82.0 cm³/mol. The lowest BCUT2D eigenvalue weighted by molar-refractivity contribution is -0.127. The quantitative estimate of drug-likeness (QED) is 0.646. The van der Waals surface area contributed by atoms with Crippen LogP contribution >= 0.6 is 0 Å². The molecule has 0 unspecified atom stereocenters. The summed E-state index contributed by atoms with van der Waals surface area (Å²) < 4.78 is 5.00. The Balaban J connectivity index is 2.20. The van der Waals surface area contributed by atoms with Gasteiger partial charge in [-0.3, -0.25) is 4.79 Å². The predicted octanol–water partition coefficient (Wildman–Crippen LogP) is 1.26. The first kappa shape index (κ1) is 15.9. The van der Waals surface area contributed by atoms with E-state index in [1.54, 1.807) is 17.0 Å². The number of aromatic hydroxyl groups is 1. The normalized spacial score (nSPS) is 16.2. The number of phenols is 1. The Hall–Kier alpha value is -2.52. The maximum atomic E-state index is 12.4.